The third kappa shape index (κ3) is 2.94. The second-order valence-corrected chi connectivity index (χ2v) is 5.85. The third-order valence-corrected chi connectivity index (χ3v) is 4.28. The van der Waals surface area contributed by atoms with E-state index in [4.69, 9.17) is 4.52 Å². The minimum Gasteiger partial charge on any atom is -0.356 e. The van der Waals surface area contributed by atoms with Gasteiger partial charge in [-0.3, -0.25) is 4.90 Å². The Morgan fingerprint density at radius 2 is 1.88 bits per heavy atom. The molecule has 0 saturated carbocycles. The van der Waals surface area contributed by atoms with E-state index in [0.717, 1.165) is 37.3 Å². The van der Waals surface area contributed by atoms with Crippen LogP contribution in [0.1, 0.15) is 5.69 Å². The summed E-state index contributed by atoms with van der Waals surface area (Å²) in [6, 6.07) is 9.29. The fraction of sp³-hybridized carbons (Fsp3) is 0.294. The normalized spacial score (nSPS) is 16.0. The number of hydrogen-bond donors (Lipinski definition) is 0. The monoisotopic (exact) mass is 330 g/mol. The molecule has 1 saturated heterocycles. The summed E-state index contributed by atoms with van der Waals surface area (Å²) in [7, 11) is 0. The molecule has 24 heavy (non-hydrogen) atoms. The summed E-state index contributed by atoms with van der Waals surface area (Å²) >= 11 is 0. The lowest BCUT2D eigenvalue weighted by Crippen LogP contribution is -2.46. The van der Waals surface area contributed by atoms with Gasteiger partial charge in [0.25, 0.3) is 0 Å². The van der Waals surface area contributed by atoms with E-state index in [9.17, 15) is 8.78 Å². The van der Waals surface area contributed by atoms with E-state index in [-0.39, 0.29) is 5.82 Å². The minimum atomic E-state index is -0.462. The van der Waals surface area contributed by atoms with E-state index in [0.29, 0.717) is 17.9 Å². The predicted octanol–water partition coefficient (Wildman–Crippen LogP) is 2.82. The molecule has 2 aromatic heterocycles. The first-order chi connectivity index (χ1) is 11.7. The maximum absolute atomic E-state index is 13.2. The van der Waals surface area contributed by atoms with Gasteiger partial charge < -0.3 is 9.42 Å². The van der Waals surface area contributed by atoms with Crippen LogP contribution in [0.25, 0.3) is 11.0 Å². The van der Waals surface area contributed by atoms with Crippen molar-refractivity contribution < 1.29 is 13.3 Å². The molecule has 3 aromatic rings. The molecule has 1 aliphatic heterocycles. The van der Waals surface area contributed by atoms with Gasteiger partial charge in [0.05, 0.1) is 0 Å². The lowest BCUT2D eigenvalue weighted by atomic mass is 10.2. The second kappa shape index (κ2) is 6.16. The van der Waals surface area contributed by atoms with E-state index >= 15 is 0 Å². The first-order valence-electron chi connectivity index (χ1n) is 7.83. The van der Waals surface area contributed by atoms with Gasteiger partial charge in [-0.1, -0.05) is 11.2 Å². The molecule has 5 nitrogen and oxygen atoms in total. The molecule has 0 spiro atoms. The molecule has 1 aliphatic rings. The number of fused-ring (bicyclic) bond motifs is 1. The molecule has 0 bridgehead atoms. The van der Waals surface area contributed by atoms with Gasteiger partial charge in [-0.2, -0.15) is 4.39 Å². The van der Waals surface area contributed by atoms with Gasteiger partial charge in [-0.05, 0) is 24.3 Å². The zero-order valence-electron chi connectivity index (χ0n) is 13.0. The van der Waals surface area contributed by atoms with Crippen LogP contribution in [0.2, 0.25) is 0 Å². The first-order valence-corrected chi connectivity index (χ1v) is 7.83. The number of hydrogen-bond acceptors (Lipinski definition) is 5. The van der Waals surface area contributed by atoms with Crippen molar-refractivity contribution in [2.75, 3.05) is 31.1 Å². The van der Waals surface area contributed by atoms with Crippen LogP contribution in [0.3, 0.4) is 0 Å². The summed E-state index contributed by atoms with van der Waals surface area (Å²) in [4.78, 5) is 8.24. The van der Waals surface area contributed by atoms with Crippen LogP contribution in [-0.2, 0) is 6.54 Å². The van der Waals surface area contributed by atoms with Crippen molar-refractivity contribution in [3.8, 4) is 0 Å². The van der Waals surface area contributed by atoms with Gasteiger partial charge in [0.1, 0.15) is 17.3 Å². The number of benzene rings is 1. The Kier molecular flexibility index (Phi) is 3.86. The molecular weight excluding hydrogens is 314 g/mol. The van der Waals surface area contributed by atoms with Crippen LogP contribution in [0.4, 0.5) is 14.6 Å². The number of halogens is 2. The predicted molar refractivity (Wildman–Crippen MR) is 85.7 cm³/mol. The molecule has 1 fully saturated rings. The molecule has 0 radical (unpaired) electrons. The van der Waals surface area contributed by atoms with Crippen LogP contribution in [-0.4, -0.2) is 41.2 Å². The van der Waals surface area contributed by atoms with Crippen molar-refractivity contribution in [3.63, 3.8) is 0 Å². The van der Waals surface area contributed by atoms with Crippen LogP contribution in [0.15, 0.2) is 40.9 Å². The minimum absolute atomic E-state index is 0.332. The smallest absolute Gasteiger partial charge is 0.214 e. The quantitative estimate of drug-likeness (QED) is 0.691. The van der Waals surface area contributed by atoms with Gasteiger partial charge in [-0.25, -0.2) is 9.37 Å². The maximum Gasteiger partial charge on any atom is 0.214 e. The van der Waals surface area contributed by atoms with Gasteiger partial charge in [-0.15, -0.1) is 0 Å². The van der Waals surface area contributed by atoms with E-state index < -0.39 is 5.95 Å². The fourth-order valence-electron chi connectivity index (χ4n) is 3.00. The standard InChI is InChI=1S/C17H16F2N4O/c18-12-4-5-13-14(21-24-15(13)10-12)11-22-6-8-23(9-7-22)17-3-1-2-16(19)20-17/h1-5,10H,6-9,11H2. The molecule has 0 unspecified atom stereocenters. The fourth-order valence-corrected chi connectivity index (χ4v) is 3.00. The highest BCUT2D eigenvalue weighted by molar-refractivity contribution is 5.79. The van der Waals surface area contributed by atoms with Gasteiger partial charge >= 0.3 is 0 Å². The van der Waals surface area contributed by atoms with E-state index in [1.807, 2.05) is 6.07 Å². The van der Waals surface area contributed by atoms with Crippen molar-refractivity contribution in [2.45, 2.75) is 6.54 Å². The highest BCUT2D eigenvalue weighted by Crippen LogP contribution is 2.22. The lowest BCUT2D eigenvalue weighted by Gasteiger charge is -2.34. The van der Waals surface area contributed by atoms with Crippen LogP contribution < -0.4 is 4.90 Å². The van der Waals surface area contributed by atoms with E-state index in [1.54, 1.807) is 12.1 Å². The molecule has 3 heterocycles. The molecule has 0 aliphatic carbocycles. The molecule has 4 rings (SSSR count). The van der Waals surface area contributed by atoms with Crippen LogP contribution in [0, 0.1) is 11.8 Å². The zero-order chi connectivity index (χ0) is 16.5. The molecular formula is C17H16F2N4O. The maximum atomic E-state index is 13.2. The average Bonchev–Trinajstić information content (AvgIpc) is 2.97. The average molecular weight is 330 g/mol. The van der Waals surface area contributed by atoms with Gasteiger partial charge in [0.2, 0.25) is 5.95 Å². The Morgan fingerprint density at radius 3 is 2.67 bits per heavy atom. The number of pyridine rings is 1. The second-order valence-electron chi connectivity index (χ2n) is 5.85. The number of aromatic nitrogens is 2. The largest absolute Gasteiger partial charge is 0.356 e. The Bertz CT molecular complexity index is 859. The molecule has 7 heteroatoms. The Morgan fingerprint density at radius 1 is 1.04 bits per heavy atom. The highest BCUT2D eigenvalue weighted by atomic mass is 19.1. The number of nitrogens with zero attached hydrogens (tertiary/aromatic N) is 4. The van der Waals surface area contributed by atoms with Crippen LogP contribution in [0.5, 0.6) is 0 Å². The van der Waals surface area contributed by atoms with Gasteiger partial charge in [0.15, 0.2) is 5.58 Å². The summed E-state index contributed by atoms with van der Waals surface area (Å²) in [5.74, 6) is -0.130. The van der Waals surface area contributed by atoms with Crippen molar-refractivity contribution in [1.29, 1.82) is 0 Å². The first kappa shape index (κ1) is 15.0. The molecule has 0 N–H and O–H groups in total. The van der Waals surface area contributed by atoms with Crippen molar-refractivity contribution in [1.82, 2.24) is 15.0 Å². The summed E-state index contributed by atoms with van der Waals surface area (Å²) in [5, 5.41) is 4.90. The van der Waals surface area contributed by atoms with Crippen LogP contribution >= 0.6 is 0 Å². The summed E-state index contributed by atoms with van der Waals surface area (Å²) in [6.07, 6.45) is 0. The third-order valence-electron chi connectivity index (χ3n) is 4.28. The molecule has 124 valence electrons. The summed E-state index contributed by atoms with van der Waals surface area (Å²) < 4.78 is 31.6. The van der Waals surface area contributed by atoms with Crippen molar-refractivity contribution >= 4 is 16.8 Å². The van der Waals surface area contributed by atoms with Crippen molar-refractivity contribution in [3.05, 3.63) is 53.9 Å². The molecule has 0 atom stereocenters. The number of piperazine rings is 1. The summed E-state index contributed by atoms with van der Waals surface area (Å²) in [5.41, 5.74) is 1.27. The number of rotatable bonds is 3. The Balaban J connectivity index is 1.42. The summed E-state index contributed by atoms with van der Waals surface area (Å²) in [6.45, 7) is 3.80. The van der Waals surface area contributed by atoms with E-state index in [1.165, 1.54) is 18.2 Å². The van der Waals surface area contributed by atoms with E-state index in [2.05, 4.69) is 19.9 Å². The lowest BCUT2D eigenvalue weighted by molar-refractivity contribution is 0.242. The number of anilines is 1. The molecule has 0 amide bonds. The Hall–Kier alpha value is -2.54. The zero-order valence-corrected chi connectivity index (χ0v) is 13.0. The van der Waals surface area contributed by atoms with Gasteiger partial charge in [0, 0.05) is 44.2 Å². The highest BCUT2D eigenvalue weighted by Gasteiger charge is 2.20. The SMILES string of the molecule is Fc1ccc2c(CN3CCN(c4cccc(F)n4)CC3)noc2c1. The molecule has 1 aromatic carbocycles. The van der Waals surface area contributed by atoms with Crippen molar-refractivity contribution in [2.24, 2.45) is 0 Å². The Labute approximate surface area is 137 Å². The topological polar surface area (TPSA) is 45.4 Å².